The number of aromatic nitrogens is 1. The summed E-state index contributed by atoms with van der Waals surface area (Å²) in [5.74, 6) is -1.92. The highest BCUT2D eigenvalue weighted by molar-refractivity contribution is 5.92. The molecule has 0 saturated heterocycles. The number of nitrogens with zero attached hydrogens (tertiary/aromatic N) is 1. The molecule has 1 aromatic heterocycles. The van der Waals surface area contributed by atoms with Gasteiger partial charge in [-0.2, -0.15) is 13.2 Å². The van der Waals surface area contributed by atoms with E-state index in [2.05, 4.69) is 10.3 Å². The van der Waals surface area contributed by atoms with Crippen molar-refractivity contribution >= 4 is 11.9 Å². The van der Waals surface area contributed by atoms with Crippen LogP contribution in [-0.4, -0.2) is 28.5 Å². The fourth-order valence-corrected chi connectivity index (χ4v) is 1.42. The Balaban J connectivity index is 2.58. The molecule has 0 saturated carbocycles. The van der Waals surface area contributed by atoms with Crippen molar-refractivity contribution in [2.75, 3.05) is 6.54 Å². The van der Waals surface area contributed by atoms with E-state index in [1.54, 1.807) is 6.92 Å². The Hall–Kier alpha value is -2.12. The maximum absolute atomic E-state index is 12.3. The van der Waals surface area contributed by atoms with Gasteiger partial charge in [0.15, 0.2) is 0 Å². The number of nitrogens with one attached hydrogen (secondary N) is 1. The number of rotatable bonds is 5. The second-order valence-electron chi connectivity index (χ2n) is 4.34. The second kappa shape index (κ2) is 6.36. The molecule has 1 aromatic rings. The fraction of sp³-hybridized carbons (Fsp3) is 0.417. The zero-order valence-electron chi connectivity index (χ0n) is 10.6. The molecule has 0 fully saturated rings. The van der Waals surface area contributed by atoms with Crippen molar-refractivity contribution in [2.45, 2.75) is 19.5 Å². The summed E-state index contributed by atoms with van der Waals surface area (Å²) < 4.78 is 36.9. The van der Waals surface area contributed by atoms with Crippen LogP contribution < -0.4 is 5.32 Å². The Kier molecular flexibility index (Phi) is 5.06. The lowest BCUT2D eigenvalue weighted by Crippen LogP contribution is -2.29. The Morgan fingerprint density at radius 1 is 1.40 bits per heavy atom. The molecule has 0 spiro atoms. The molecule has 0 aliphatic carbocycles. The molecule has 5 nitrogen and oxygen atoms in total. The van der Waals surface area contributed by atoms with Crippen LogP contribution in [0.15, 0.2) is 18.3 Å². The van der Waals surface area contributed by atoms with Crippen LogP contribution in [0.2, 0.25) is 0 Å². The number of hydrogen-bond acceptors (Lipinski definition) is 3. The van der Waals surface area contributed by atoms with Crippen molar-refractivity contribution in [3.63, 3.8) is 0 Å². The third kappa shape index (κ3) is 4.87. The first-order valence-electron chi connectivity index (χ1n) is 5.73. The standard InChI is InChI=1S/C12H13F3N2O3/c1-7(4-10(18)19)5-17-11(20)9-3-2-8(6-16-9)12(13,14)15/h2-3,6-7H,4-5H2,1H3,(H,17,20)(H,18,19). The molecule has 0 aromatic carbocycles. The number of carboxylic acids is 1. The lowest BCUT2D eigenvalue weighted by molar-refractivity contribution is -0.138. The molecule has 2 N–H and O–H groups in total. The predicted octanol–water partition coefficient (Wildman–Crippen LogP) is 1.94. The molecule has 1 atom stereocenters. The lowest BCUT2D eigenvalue weighted by Gasteiger charge is -2.10. The quantitative estimate of drug-likeness (QED) is 0.868. The van der Waals surface area contributed by atoms with Gasteiger partial charge in [-0.15, -0.1) is 0 Å². The third-order valence-electron chi connectivity index (χ3n) is 2.46. The molecular formula is C12H13F3N2O3. The summed E-state index contributed by atoms with van der Waals surface area (Å²) in [5, 5.41) is 11.0. The summed E-state index contributed by atoms with van der Waals surface area (Å²) in [6.07, 6.45) is -4.03. The summed E-state index contributed by atoms with van der Waals surface area (Å²) in [4.78, 5) is 25.5. The zero-order valence-corrected chi connectivity index (χ0v) is 10.6. The van der Waals surface area contributed by atoms with Crippen LogP contribution in [0.5, 0.6) is 0 Å². The first kappa shape index (κ1) is 15.9. The number of carbonyl (C=O) groups is 2. The minimum Gasteiger partial charge on any atom is -0.481 e. The minimum atomic E-state index is -4.50. The molecule has 0 aliphatic heterocycles. The van der Waals surface area contributed by atoms with Crippen LogP contribution in [0.4, 0.5) is 13.2 Å². The molecule has 1 unspecified atom stereocenters. The SMILES string of the molecule is CC(CNC(=O)c1ccc(C(F)(F)F)cn1)CC(=O)O. The number of carboxylic acid groups (broad SMARTS) is 1. The van der Waals surface area contributed by atoms with Gasteiger partial charge in [0.2, 0.25) is 0 Å². The minimum absolute atomic E-state index is 0.105. The smallest absolute Gasteiger partial charge is 0.417 e. The van der Waals surface area contributed by atoms with Crippen molar-refractivity contribution in [1.29, 1.82) is 0 Å². The summed E-state index contributed by atoms with van der Waals surface area (Å²) in [5.41, 5.74) is -1.09. The summed E-state index contributed by atoms with van der Waals surface area (Å²) in [7, 11) is 0. The topological polar surface area (TPSA) is 79.3 Å². The molecular weight excluding hydrogens is 277 g/mol. The van der Waals surface area contributed by atoms with Gasteiger partial charge in [-0.3, -0.25) is 14.6 Å². The number of hydrogen-bond donors (Lipinski definition) is 2. The van der Waals surface area contributed by atoms with Crippen LogP contribution in [0, 0.1) is 5.92 Å². The zero-order chi connectivity index (χ0) is 15.3. The third-order valence-corrected chi connectivity index (χ3v) is 2.46. The maximum Gasteiger partial charge on any atom is 0.417 e. The molecule has 0 aliphatic rings. The Bertz CT molecular complexity index is 486. The van der Waals surface area contributed by atoms with Crippen LogP contribution in [0.1, 0.15) is 29.4 Å². The van der Waals surface area contributed by atoms with E-state index in [0.29, 0.717) is 6.20 Å². The molecule has 0 bridgehead atoms. The van der Waals surface area contributed by atoms with Gasteiger partial charge in [0.05, 0.1) is 5.56 Å². The predicted molar refractivity (Wildman–Crippen MR) is 63.0 cm³/mol. The van der Waals surface area contributed by atoms with Gasteiger partial charge in [0.1, 0.15) is 5.69 Å². The largest absolute Gasteiger partial charge is 0.481 e. The van der Waals surface area contributed by atoms with E-state index in [1.807, 2.05) is 0 Å². The number of amides is 1. The Morgan fingerprint density at radius 2 is 2.05 bits per heavy atom. The van der Waals surface area contributed by atoms with E-state index in [1.165, 1.54) is 0 Å². The fourth-order valence-electron chi connectivity index (χ4n) is 1.42. The lowest BCUT2D eigenvalue weighted by atomic mass is 10.1. The highest BCUT2D eigenvalue weighted by atomic mass is 19.4. The molecule has 1 heterocycles. The second-order valence-corrected chi connectivity index (χ2v) is 4.34. The van der Waals surface area contributed by atoms with Crippen molar-refractivity contribution in [3.8, 4) is 0 Å². The van der Waals surface area contributed by atoms with Gasteiger partial charge in [0.25, 0.3) is 5.91 Å². The van der Waals surface area contributed by atoms with E-state index in [4.69, 9.17) is 5.11 Å². The number of halogens is 3. The van der Waals surface area contributed by atoms with Crippen molar-refractivity contribution in [1.82, 2.24) is 10.3 Å². The van der Waals surface area contributed by atoms with Gasteiger partial charge in [-0.1, -0.05) is 6.92 Å². The molecule has 8 heteroatoms. The van der Waals surface area contributed by atoms with E-state index < -0.39 is 23.6 Å². The van der Waals surface area contributed by atoms with Crippen LogP contribution in [0.3, 0.4) is 0 Å². The summed E-state index contributed by atoms with van der Waals surface area (Å²) in [6.45, 7) is 1.74. The number of alkyl halides is 3. The van der Waals surface area contributed by atoms with Crippen molar-refractivity contribution in [3.05, 3.63) is 29.6 Å². The van der Waals surface area contributed by atoms with Gasteiger partial charge in [-0.25, -0.2) is 0 Å². The highest BCUT2D eigenvalue weighted by Gasteiger charge is 2.30. The molecule has 110 valence electrons. The normalized spacial score (nSPS) is 12.8. The molecule has 1 rings (SSSR count). The van der Waals surface area contributed by atoms with E-state index in [-0.39, 0.29) is 24.6 Å². The highest BCUT2D eigenvalue weighted by Crippen LogP contribution is 2.28. The number of pyridine rings is 1. The van der Waals surface area contributed by atoms with E-state index >= 15 is 0 Å². The molecule has 20 heavy (non-hydrogen) atoms. The van der Waals surface area contributed by atoms with Gasteiger partial charge >= 0.3 is 12.1 Å². The summed E-state index contributed by atoms with van der Waals surface area (Å²) >= 11 is 0. The maximum atomic E-state index is 12.3. The van der Waals surface area contributed by atoms with Crippen LogP contribution in [0.25, 0.3) is 0 Å². The number of aliphatic carboxylic acids is 1. The van der Waals surface area contributed by atoms with Gasteiger partial charge in [-0.05, 0) is 18.1 Å². The van der Waals surface area contributed by atoms with Gasteiger partial charge in [0, 0.05) is 19.2 Å². The Labute approximate surface area is 112 Å². The monoisotopic (exact) mass is 290 g/mol. The average Bonchev–Trinajstić information content (AvgIpc) is 2.34. The van der Waals surface area contributed by atoms with Crippen LogP contribution in [-0.2, 0) is 11.0 Å². The molecule has 1 amide bonds. The van der Waals surface area contributed by atoms with E-state index in [0.717, 1.165) is 12.1 Å². The van der Waals surface area contributed by atoms with Gasteiger partial charge < -0.3 is 10.4 Å². The molecule has 0 radical (unpaired) electrons. The Morgan fingerprint density at radius 3 is 2.50 bits per heavy atom. The first-order chi connectivity index (χ1) is 9.20. The van der Waals surface area contributed by atoms with Crippen molar-refractivity contribution in [2.24, 2.45) is 5.92 Å². The average molecular weight is 290 g/mol. The van der Waals surface area contributed by atoms with Crippen LogP contribution >= 0.6 is 0 Å². The number of carbonyl (C=O) groups excluding carboxylic acids is 1. The van der Waals surface area contributed by atoms with E-state index in [9.17, 15) is 22.8 Å². The summed E-state index contributed by atoms with van der Waals surface area (Å²) in [6, 6.07) is 1.74. The first-order valence-corrected chi connectivity index (χ1v) is 5.73. The van der Waals surface area contributed by atoms with Crippen molar-refractivity contribution < 1.29 is 27.9 Å².